The zero-order valence-electron chi connectivity index (χ0n) is 9.29. The van der Waals surface area contributed by atoms with Gasteiger partial charge in [0.05, 0.1) is 0 Å². The Bertz CT molecular complexity index is 329. The molecule has 1 aromatic rings. The van der Waals surface area contributed by atoms with E-state index in [9.17, 15) is 10.2 Å². The highest BCUT2D eigenvalue weighted by Gasteiger charge is 2.32. The maximum absolute atomic E-state index is 9.68. The summed E-state index contributed by atoms with van der Waals surface area (Å²) >= 11 is 0. The topological polar surface area (TPSA) is 45.4 Å². The Hall–Kier alpha value is -1.12. The zero-order valence-corrected chi connectivity index (χ0v) is 9.29. The average molecular weight is 209 g/mol. The molecule has 0 bridgehead atoms. The minimum atomic E-state index is 0.290. The number of aromatic nitrogens is 1. The van der Waals surface area contributed by atoms with Gasteiger partial charge in [-0.05, 0) is 6.42 Å². The fraction of sp³-hybridized carbons (Fsp3) is 0.667. The van der Waals surface area contributed by atoms with Crippen LogP contribution in [0.1, 0.15) is 50.2 Å². The van der Waals surface area contributed by atoms with Crippen LogP contribution in [0, 0.1) is 0 Å². The summed E-state index contributed by atoms with van der Waals surface area (Å²) in [5.41, 5.74) is 1.89. The van der Waals surface area contributed by atoms with Gasteiger partial charge in [-0.25, -0.2) is 0 Å². The van der Waals surface area contributed by atoms with Gasteiger partial charge >= 0.3 is 0 Å². The number of aromatic hydroxyl groups is 2. The predicted octanol–water partition coefficient (Wildman–Crippen LogP) is 2.77. The molecular weight excluding hydrogens is 190 g/mol. The maximum atomic E-state index is 9.68. The third-order valence-corrected chi connectivity index (χ3v) is 3.13. The molecule has 15 heavy (non-hydrogen) atoms. The summed E-state index contributed by atoms with van der Waals surface area (Å²) in [5, 5.41) is 19.4. The minimum Gasteiger partial charge on any atom is -0.494 e. The molecule has 0 fully saturated rings. The Kier molecular flexibility index (Phi) is 2.89. The summed E-state index contributed by atoms with van der Waals surface area (Å²) in [4.78, 5) is 0. The first-order valence-electron chi connectivity index (χ1n) is 5.87. The normalized spacial score (nSPS) is 12.9. The van der Waals surface area contributed by atoms with Crippen molar-refractivity contribution in [2.75, 3.05) is 0 Å². The minimum absolute atomic E-state index is 0.290. The van der Waals surface area contributed by atoms with Crippen molar-refractivity contribution in [2.24, 2.45) is 0 Å². The van der Waals surface area contributed by atoms with Crippen molar-refractivity contribution >= 4 is 0 Å². The molecule has 0 aromatic carbocycles. The highest BCUT2D eigenvalue weighted by molar-refractivity contribution is 5.59. The van der Waals surface area contributed by atoms with E-state index < -0.39 is 0 Å². The Morgan fingerprint density at radius 3 is 2.20 bits per heavy atom. The Balaban J connectivity index is 1.79. The van der Waals surface area contributed by atoms with E-state index in [1.165, 1.54) is 25.7 Å². The molecule has 0 spiro atoms. The average Bonchev–Trinajstić information content (AvgIpc) is 2.97. The van der Waals surface area contributed by atoms with E-state index >= 15 is 0 Å². The van der Waals surface area contributed by atoms with Crippen LogP contribution >= 0.6 is 0 Å². The molecule has 0 saturated heterocycles. The van der Waals surface area contributed by atoms with Crippen LogP contribution in [0.3, 0.4) is 0 Å². The van der Waals surface area contributed by atoms with Crippen molar-refractivity contribution in [3.05, 3.63) is 11.1 Å². The van der Waals surface area contributed by atoms with Gasteiger partial charge in [0.15, 0.2) is 11.8 Å². The van der Waals surface area contributed by atoms with E-state index in [-0.39, 0.29) is 11.8 Å². The lowest BCUT2D eigenvalue weighted by Crippen LogP contribution is -1.98. The van der Waals surface area contributed by atoms with Crippen molar-refractivity contribution in [1.82, 2.24) is 4.57 Å². The van der Waals surface area contributed by atoms with Gasteiger partial charge in [-0.15, -0.1) is 0 Å². The van der Waals surface area contributed by atoms with Crippen LogP contribution in [0.25, 0.3) is 0 Å². The van der Waals surface area contributed by atoms with E-state index in [2.05, 4.69) is 6.92 Å². The van der Waals surface area contributed by atoms with Gasteiger partial charge in [0.1, 0.15) is 0 Å². The first-order chi connectivity index (χ1) is 7.25. The lowest BCUT2D eigenvalue weighted by atomic mass is 10.1. The molecule has 1 heterocycles. The van der Waals surface area contributed by atoms with E-state index in [0.717, 1.165) is 30.5 Å². The van der Waals surface area contributed by atoms with E-state index in [1.807, 2.05) is 0 Å². The highest BCUT2D eigenvalue weighted by atomic mass is 16.3. The number of fused-ring (bicyclic) bond motifs is 1. The third-order valence-electron chi connectivity index (χ3n) is 3.13. The number of nitrogens with zero attached hydrogens (tertiary/aromatic N) is 1. The van der Waals surface area contributed by atoms with Crippen LogP contribution < -0.4 is 0 Å². The van der Waals surface area contributed by atoms with E-state index in [4.69, 9.17) is 0 Å². The van der Waals surface area contributed by atoms with Gasteiger partial charge in [0.25, 0.3) is 0 Å². The molecule has 1 aliphatic carbocycles. The van der Waals surface area contributed by atoms with Crippen LogP contribution in [0.5, 0.6) is 11.8 Å². The Morgan fingerprint density at radius 2 is 1.60 bits per heavy atom. The van der Waals surface area contributed by atoms with Crippen molar-refractivity contribution in [2.45, 2.75) is 52.0 Å². The summed E-state index contributed by atoms with van der Waals surface area (Å²) in [5.74, 6) is 0.580. The van der Waals surface area contributed by atoms with Gasteiger partial charge in [-0.3, -0.25) is 4.57 Å². The number of rotatable bonds is 6. The second-order valence-electron chi connectivity index (χ2n) is 4.35. The van der Waals surface area contributed by atoms with Crippen LogP contribution in [-0.2, 0) is 13.0 Å². The molecule has 2 N–H and O–H groups in total. The van der Waals surface area contributed by atoms with Crippen molar-refractivity contribution < 1.29 is 10.2 Å². The Labute approximate surface area is 90.4 Å². The molecular formula is C12H19NO2. The summed E-state index contributed by atoms with van der Waals surface area (Å²) in [6, 6.07) is 0. The Morgan fingerprint density at radius 1 is 1.00 bits per heavy atom. The fourth-order valence-electron chi connectivity index (χ4n) is 2.07. The number of unbranched alkanes of at least 4 members (excludes halogenated alkanes) is 4. The molecule has 0 aliphatic heterocycles. The molecule has 0 amide bonds. The summed E-state index contributed by atoms with van der Waals surface area (Å²) < 4.78 is 1.64. The van der Waals surface area contributed by atoms with Crippen molar-refractivity contribution in [3.8, 4) is 11.8 Å². The number of hydrogen-bond donors (Lipinski definition) is 2. The zero-order chi connectivity index (χ0) is 10.8. The SMILES string of the molecule is CCCCCCCn1c(O)c2c(c1O)C2. The lowest BCUT2D eigenvalue weighted by molar-refractivity contribution is 0.355. The predicted molar refractivity (Wildman–Crippen MR) is 59.3 cm³/mol. The smallest absolute Gasteiger partial charge is 0.197 e. The summed E-state index contributed by atoms with van der Waals surface area (Å²) in [6.07, 6.45) is 6.77. The molecule has 0 saturated carbocycles. The van der Waals surface area contributed by atoms with Gasteiger partial charge < -0.3 is 10.2 Å². The number of hydrogen-bond acceptors (Lipinski definition) is 2. The van der Waals surface area contributed by atoms with Crippen LogP contribution in [0.15, 0.2) is 0 Å². The van der Waals surface area contributed by atoms with Gasteiger partial charge in [0, 0.05) is 24.1 Å². The van der Waals surface area contributed by atoms with Gasteiger partial charge in [-0.2, -0.15) is 0 Å². The fourth-order valence-corrected chi connectivity index (χ4v) is 2.07. The molecule has 84 valence electrons. The van der Waals surface area contributed by atoms with Crippen LogP contribution in [0.2, 0.25) is 0 Å². The van der Waals surface area contributed by atoms with Crippen LogP contribution in [-0.4, -0.2) is 14.8 Å². The largest absolute Gasteiger partial charge is 0.494 e. The second-order valence-corrected chi connectivity index (χ2v) is 4.35. The molecule has 3 heteroatoms. The first kappa shape index (κ1) is 10.4. The molecule has 0 atom stereocenters. The second kappa shape index (κ2) is 4.17. The van der Waals surface area contributed by atoms with Crippen molar-refractivity contribution in [3.63, 3.8) is 0 Å². The van der Waals surface area contributed by atoms with Crippen LogP contribution in [0.4, 0.5) is 0 Å². The first-order valence-corrected chi connectivity index (χ1v) is 5.87. The third kappa shape index (κ3) is 1.96. The van der Waals surface area contributed by atoms with Gasteiger partial charge in [0.2, 0.25) is 0 Å². The quantitative estimate of drug-likeness (QED) is 0.718. The molecule has 1 aliphatic rings. The highest BCUT2D eigenvalue weighted by Crippen LogP contribution is 2.46. The van der Waals surface area contributed by atoms with Gasteiger partial charge in [-0.1, -0.05) is 32.6 Å². The van der Waals surface area contributed by atoms with E-state index in [1.54, 1.807) is 4.57 Å². The lowest BCUT2D eigenvalue weighted by Gasteiger charge is -2.08. The molecule has 0 radical (unpaired) electrons. The standard InChI is InChI=1S/C12H19NO2/c1-2-3-4-5-6-7-13-11(14)9-8-10(9)12(13)15/h14-15H,2-8H2,1H3. The maximum Gasteiger partial charge on any atom is 0.197 e. The molecule has 1 aromatic heterocycles. The van der Waals surface area contributed by atoms with E-state index in [0.29, 0.717) is 0 Å². The molecule has 3 nitrogen and oxygen atoms in total. The molecule has 2 rings (SSSR count). The summed E-state index contributed by atoms with van der Waals surface area (Å²) in [7, 11) is 0. The van der Waals surface area contributed by atoms with Crippen molar-refractivity contribution in [1.29, 1.82) is 0 Å². The molecule has 0 unspecified atom stereocenters. The summed E-state index contributed by atoms with van der Waals surface area (Å²) in [6.45, 7) is 2.94. The monoisotopic (exact) mass is 209 g/mol.